The van der Waals surface area contributed by atoms with Crippen LogP contribution in [-0.2, 0) is 9.13 Å². The van der Waals surface area contributed by atoms with E-state index in [0.717, 1.165) is 12.8 Å². The van der Waals surface area contributed by atoms with Gasteiger partial charge in [0.1, 0.15) is 0 Å². The fourth-order valence-electron chi connectivity index (χ4n) is 0.663. The largest absolute Gasteiger partial charge is 0.466 e. The standard InChI is InChI=1S/C7H13Cl3.2H3O4P/c1-7(5-9,6-10)3-2-4-8;2*1-5(2,3)4/h2-6H2,1H3;2*(H3,1,2,3,4). The van der Waals surface area contributed by atoms with Gasteiger partial charge in [0, 0.05) is 17.6 Å². The van der Waals surface area contributed by atoms with Crippen LogP contribution in [0.1, 0.15) is 19.8 Å². The zero-order chi connectivity index (χ0) is 17.0. The summed E-state index contributed by atoms with van der Waals surface area (Å²) in [7, 11) is -9.28. The summed E-state index contributed by atoms with van der Waals surface area (Å²) < 4.78 is 17.8. The highest BCUT2D eigenvalue weighted by molar-refractivity contribution is 7.45. The Morgan fingerprint density at radius 2 is 1.10 bits per heavy atom. The van der Waals surface area contributed by atoms with E-state index in [9.17, 15) is 0 Å². The van der Waals surface area contributed by atoms with Crippen LogP contribution in [0.15, 0.2) is 0 Å². The monoisotopic (exact) mass is 398 g/mol. The van der Waals surface area contributed by atoms with Crippen molar-refractivity contribution < 1.29 is 38.5 Å². The molecule has 0 saturated carbocycles. The van der Waals surface area contributed by atoms with Gasteiger partial charge >= 0.3 is 15.6 Å². The molecule has 0 heterocycles. The van der Waals surface area contributed by atoms with E-state index in [-0.39, 0.29) is 5.41 Å². The topological polar surface area (TPSA) is 156 Å². The van der Waals surface area contributed by atoms with Crippen LogP contribution < -0.4 is 0 Å². The van der Waals surface area contributed by atoms with Gasteiger partial charge in [0.2, 0.25) is 0 Å². The van der Waals surface area contributed by atoms with Gasteiger partial charge in [0.25, 0.3) is 0 Å². The van der Waals surface area contributed by atoms with Crippen LogP contribution in [0.2, 0.25) is 0 Å². The van der Waals surface area contributed by atoms with Gasteiger partial charge in [-0.1, -0.05) is 6.92 Å². The molecule has 0 aliphatic carbocycles. The third-order valence-corrected chi connectivity index (χ3v) is 3.12. The molecule has 0 aromatic heterocycles. The molecule has 0 amide bonds. The first-order valence-electron chi connectivity index (χ1n) is 4.93. The number of alkyl halides is 3. The van der Waals surface area contributed by atoms with E-state index in [1.54, 1.807) is 0 Å². The summed E-state index contributed by atoms with van der Waals surface area (Å²) in [6.45, 7) is 2.08. The van der Waals surface area contributed by atoms with Crippen LogP contribution in [0.4, 0.5) is 0 Å². The van der Waals surface area contributed by atoms with Crippen LogP contribution in [0.3, 0.4) is 0 Å². The minimum absolute atomic E-state index is 0.0814. The molecule has 0 fully saturated rings. The number of halogens is 3. The molecule has 126 valence electrons. The molecule has 20 heavy (non-hydrogen) atoms. The van der Waals surface area contributed by atoms with Crippen molar-refractivity contribution in [1.29, 1.82) is 0 Å². The third kappa shape index (κ3) is 42.7. The Kier molecular flexibility index (Phi) is 16.4. The summed E-state index contributed by atoms with van der Waals surface area (Å²) in [5.74, 6) is 1.93. The first-order valence-corrected chi connectivity index (χ1v) is 9.66. The van der Waals surface area contributed by atoms with Crippen molar-refractivity contribution in [1.82, 2.24) is 0 Å². The number of phosphoric acid groups is 2. The van der Waals surface area contributed by atoms with Gasteiger partial charge in [0.15, 0.2) is 0 Å². The lowest BCUT2D eigenvalue weighted by Crippen LogP contribution is -2.20. The summed E-state index contributed by atoms with van der Waals surface area (Å²) in [6.07, 6.45) is 2.01. The summed E-state index contributed by atoms with van der Waals surface area (Å²) in [5.41, 5.74) is 0.0814. The van der Waals surface area contributed by atoms with Gasteiger partial charge in [-0.2, -0.15) is 0 Å². The molecule has 13 heteroatoms. The normalized spacial score (nSPS) is 11.9. The maximum absolute atomic E-state index is 8.88. The zero-order valence-electron chi connectivity index (χ0n) is 10.6. The minimum atomic E-state index is -4.64. The Balaban J connectivity index is -0.000000244. The Morgan fingerprint density at radius 1 is 0.850 bits per heavy atom. The van der Waals surface area contributed by atoms with Crippen molar-refractivity contribution >= 4 is 50.4 Å². The average molecular weight is 400 g/mol. The minimum Gasteiger partial charge on any atom is -0.303 e. The summed E-state index contributed by atoms with van der Waals surface area (Å²) >= 11 is 17.0. The second-order valence-electron chi connectivity index (χ2n) is 3.90. The number of hydrogen-bond donors (Lipinski definition) is 6. The predicted molar refractivity (Wildman–Crippen MR) is 78.0 cm³/mol. The van der Waals surface area contributed by atoms with E-state index >= 15 is 0 Å². The lowest BCUT2D eigenvalue weighted by Gasteiger charge is -2.23. The Morgan fingerprint density at radius 3 is 1.25 bits per heavy atom. The second kappa shape index (κ2) is 12.6. The van der Waals surface area contributed by atoms with Gasteiger partial charge in [-0.15, -0.1) is 34.8 Å². The molecule has 0 bridgehead atoms. The van der Waals surface area contributed by atoms with Crippen LogP contribution in [0, 0.1) is 5.41 Å². The quantitative estimate of drug-likeness (QED) is 0.301. The van der Waals surface area contributed by atoms with Crippen LogP contribution in [0.25, 0.3) is 0 Å². The highest BCUT2D eigenvalue weighted by Crippen LogP contribution is 2.27. The summed E-state index contributed by atoms with van der Waals surface area (Å²) in [4.78, 5) is 43.1. The van der Waals surface area contributed by atoms with E-state index < -0.39 is 15.6 Å². The van der Waals surface area contributed by atoms with Crippen LogP contribution in [-0.4, -0.2) is 47.0 Å². The molecule has 0 aliphatic heterocycles. The van der Waals surface area contributed by atoms with Gasteiger partial charge in [0.05, 0.1) is 0 Å². The molecule has 0 atom stereocenters. The molecule has 0 aliphatic rings. The van der Waals surface area contributed by atoms with Crippen molar-refractivity contribution in [2.24, 2.45) is 5.41 Å². The van der Waals surface area contributed by atoms with Crippen molar-refractivity contribution in [3.05, 3.63) is 0 Å². The molecule has 0 aromatic carbocycles. The van der Waals surface area contributed by atoms with E-state index in [0.29, 0.717) is 17.6 Å². The number of rotatable bonds is 5. The molecule has 0 aromatic rings. The fraction of sp³-hybridized carbons (Fsp3) is 1.00. The molecule has 0 unspecified atom stereocenters. The first-order chi connectivity index (χ1) is 8.68. The third-order valence-electron chi connectivity index (χ3n) is 1.56. The van der Waals surface area contributed by atoms with Crippen LogP contribution in [0.5, 0.6) is 0 Å². The molecule has 6 N–H and O–H groups in total. The van der Waals surface area contributed by atoms with Crippen molar-refractivity contribution in [3.63, 3.8) is 0 Å². The van der Waals surface area contributed by atoms with Crippen molar-refractivity contribution in [3.8, 4) is 0 Å². The van der Waals surface area contributed by atoms with E-state index in [1.165, 1.54) is 0 Å². The smallest absolute Gasteiger partial charge is 0.303 e. The van der Waals surface area contributed by atoms with Gasteiger partial charge in [-0.3, -0.25) is 0 Å². The molecule has 0 saturated heterocycles. The Bertz CT molecular complexity index is 277. The van der Waals surface area contributed by atoms with Crippen molar-refractivity contribution in [2.75, 3.05) is 17.6 Å². The Labute approximate surface area is 132 Å². The molecule has 8 nitrogen and oxygen atoms in total. The van der Waals surface area contributed by atoms with E-state index in [1.807, 2.05) is 0 Å². The maximum Gasteiger partial charge on any atom is 0.466 e. The molecule has 0 spiro atoms. The van der Waals surface area contributed by atoms with Crippen LogP contribution >= 0.6 is 50.4 Å². The molecular weight excluding hydrogens is 380 g/mol. The van der Waals surface area contributed by atoms with Gasteiger partial charge < -0.3 is 29.4 Å². The predicted octanol–water partition coefficient (Wildman–Crippen LogP) is 1.63. The summed E-state index contributed by atoms with van der Waals surface area (Å²) in [6, 6.07) is 0. The first kappa shape index (κ1) is 26.0. The fourth-order valence-corrected chi connectivity index (χ4v) is 1.35. The Hall–Kier alpha value is 1.09. The second-order valence-corrected chi connectivity index (χ2v) is 6.86. The van der Waals surface area contributed by atoms with E-state index in [4.69, 9.17) is 73.3 Å². The highest BCUT2D eigenvalue weighted by atomic mass is 35.5. The highest BCUT2D eigenvalue weighted by Gasteiger charge is 2.20. The number of hydrogen-bond acceptors (Lipinski definition) is 2. The lowest BCUT2D eigenvalue weighted by atomic mass is 9.90. The average Bonchev–Trinajstić information content (AvgIpc) is 2.21. The SMILES string of the molecule is CC(CCl)(CCl)CCCCl.O=P(O)(O)O.O=P(O)(O)O. The van der Waals surface area contributed by atoms with Crippen molar-refractivity contribution in [2.45, 2.75) is 19.8 Å². The van der Waals surface area contributed by atoms with Gasteiger partial charge in [-0.25, -0.2) is 9.13 Å². The lowest BCUT2D eigenvalue weighted by molar-refractivity contribution is 0.272. The molecule has 0 radical (unpaired) electrons. The molecule has 0 rings (SSSR count). The molecular formula is C7H19Cl3O8P2. The zero-order valence-corrected chi connectivity index (χ0v) is 14.6. The van der Waals surface area contributed by atoms with Gasteiger partial charge in [-0.05, 0) is 18.3 Å². The maximum atomic E-state index is 8.88. The summed E-state index contributed by atoms with van der Waals surface area (Å²) in [5, 5.41) is 0. The van der Waals surface area contributed by atoms with E-state index in [2.05, 4.69) is 6.92 Å².